The summed E-state index contributed by atoms with van der Waals surface area (Å²) in [5, 5.41) is 0. The van der Waals surface area contributed by atoms with E-state index in [0.29, 0.717) is 11.7 Å². The van der Waals surface area contributed by atoms with Gasteiger partial charge >= 0.3 is 0 Å². The van der Waals surface area contributed by atoms with Gasteiger partial charge in [0, 0.05) is 3.42 Å². The van der Waals surface area contributed by atoms with Crippen molar-refractivity contribution in [2.75, 3.05) is 0 Å². The van der Waals surface area contributed by atoms with Crippen LogP contribution >= 0.6 is 22.6 Å². The first kappa shape index (κ1) is 8.80. The molecule has 0 radical (unpaired) electrons. The Morgan fingerprint density at radius 1 is 1.14 bits per heavy atom. The number of halogens is 1. The summed E-state index contributed by atoms with van der Waals surface area (Å²) in [6, 6.07) is 0. The van der Waals surface area contributed by atoms with Crippen molar-refractivity contribution >= 4 is 22.6 Å². The molecule has 0 spiro atoms. The lowest BCUT2D eigenvalue weighted by atomic mass is 9.41. The first-order valence-corrected chi connectivity index (χ1v) is 7.06. The molecule has 0 unspecified atom stereocenters. The van der Waals surface area contributed by atoms with Crippen LogP contribution in [-0.4, -0.2) is 15.1 Å². The molecule has 3 saturated carbocycles. The van der Waals surface area contributed by atoms with Gasteiger partial charge in [0.15, 0.2) is 0 Å². The second kappa shape index (κ2) is 2.34. The molecule has 5 fully saturated rings. The number of alkyl halides is 1. The van der Waals surface area contributed by atoms with Crippen LogP contribution in [0.1, 0.15) is 51.4 Å². The number of fused-ring (bicyclic) bond motifs is 2. The van der Waals surface area contributed by atoms with Gasteiger partial charge in [0.2, 0.25) is 0 Å². The van der Waals surface area contributed by atoms with Crippen molar-refractivity contribution in [2.45, 2.75) is 66.5 Å². The fourth-order valence-electron chi connectivity index (χ4n) is 4.66. The third-order valence-electron chi connectivity index (χ3n) is 5.03. The van der Waals surface area contributed by atoms with Crippen molar-refractivity contribution in [3.63, 3.8) is 0 Å². The van der Waals surface area contributed by atoms with E-state index >= 15 is 0 Å². The quantitative estimate of drug-likeness (QED) is 0.561. The van der Waals surface area contributed by atoms with E-state index in [9.17, 15) is 0 Å². The van der Waals surface area contributed by atoms with Gasteiger partial charge in [0.1, 0.15) is 0 Å². The predicted molar refractivity (Wildman–Crippen MR) is 63.7 cm³/mol. The van der Waals surface area contributed by atoms with Crippen LogP contribution in [0.3, 0.4) is 0 Å². The summed E-state index contributed by atoms with van der Waals surface area (Å²) in [5.41, 5.74) is 1.11. The highest BCUT2D eigenvalue weighted by atomic mass is 127. The van der Waals surface area contributed by atoms with Gasteiger partial charge in [-0.1, -0.05) is 22.6 Å². The lowest BCUT2D eigenvalue weighted by Crippen LogP contribution is -2.65. The van der Waals surface area contributed by atoms with Crippen LogP contribution in [0.4, 0.5) is 0 Å². The number of hydrogen-bond donors (Lipinski definition) is 0. The molecule has 5 rings (SSSR count). The Morgan fingerprint density at radius 3 is 2.21 bits per heavy atom. The van der Waals surface area contributed by atoms with E-state index in [-0.39, 0.29) is 0 Å². The molecule has 0 amide bonds. The normalized spacial score (nSPS) is 63.6. The van der Waals surface area contributed by atoms with Crippen molar-refractivity contribution < 1.29 is 4.74 Å². The largest absolute Gasteiger partial charge is 0.372 e. The number of ether oxygens (including phenoxy) is 1. The van der Waals surface area contributed by atoms with E-state index in [1.807, 2.05) is 0 Å². The third-order valence-corrected chi connectivity index (χ3v) is 6.18. The lowest BCUT2D eigenvalue weighted by Gasteiger charge is -2.69. The minimum Gasteiger partial charge on any atom is -0.372 e. The summed E-state index contributed by atoms with van der Waals surface area (Å²) < 4.78 is 6.93. The average molecular weight is 304 g/mol. The molecule has 3 aliphatic carbocycles. The Balaban J connectivity index is 1.51. The van der Waals surface area contributed by atoms with Crippen molar-refractivity contribution in [3.05, 3.63) is 0 Å². The minimum atomic E-state index is 0.364. The molecule has 2 aliphatic heterocycles. The first-order valence-electron chi connectivity index (χ1n) is 5.98. The van der Waals surface area contributed by atoms with Crippen LogP contribution in [0.2, 0.25) is 0 Å². The van der Waals surface area contributed by atoms with Gasteiger partial charge in [0.05, 0.1) is 11.7 Å². The van der Waals surface area contributed by atoms with Crippen LogP contribution in [0.25, 0.3) is 0 Å². The Kier molecular flexibility index (Phi) is 1.47. The summed E-state index contributed by atoms with van der Waals surface area (Å²) >= 11 is 2.68. The molecule has 0 aromatic rings. The van der Waals surface area contributed by atoms with E-state index in [2.05, 4.69) is 22.6 Å². The monoisotopic (exact) mass is 304 g/mol. The van der Waals surface area contributed by atoms with Gasteiger partial charge < -0.3 is 4.74 Å². The summed E-state index contributed by atoms with van der Waals surface area (Å²) in [4.78, 5) is 0. The average Bonchev–Trinajstić information content (AvgIpc) is 2.58. The lowest BCUT2D eigenvalue weighted by molar-refractivity contribution is -0.128. The van der Waals surface area contributed by atoms with Gasteiger partial charge in [-0.3, -0.25) is 0 Å². The molecule has 4 bridgehead atoms. The number of hydrogen-bond acceptors (Lipinski definition) is 1. The molecule has 2 heteroatoms. The van der Waals surface area contributed by atoms with Gasteiger partial charge in [-0.2, -0.15) is 0 Å². The molecule has 0 atom stereocenters. The molecule has 2 heterocycles. The molecule has 78 valence electrons. The van der Waals surface area contributed by atoms with E-state index in [1.165, 1.54) is 51.4 Å². The van der Waals surface area contributed by atoms with Crippen LogP contribution < -0.4 is 0 Å². The van der Waals surface area contributed by atoms with Crippen LogP contribution in [0.5, 0.6) is 0 Å². The van der Waals surface area contributed by atoms with E-state index in [4.69, 9.17) is 4.74 Å². The molecule has 1 nitrogen and oxygen atoms in total. The van der Waals surface area contributed by atoms with Crippen molar-refractivity contribution in [1.82, 2.24) is 0 Å². The standard InChI is InChI=1S/C12H17IO/c13-11-5-10(6-11,7-11)8-12-3-1-9(14-12)2-4-12/h9H,1-8H2. The van der Waals surface area contributed by atoms with E-state index < -0.39 is 0 Å². The maximum absolute atomic E-state index is 6.19. The molecule has 5 aliphatic rings. The summed E-state index contributed by atoms with van der Waals surface area (Å²) in [6.07, 6.45) is 12.0. The highest BCUT2D eigenvalue weighted by Gasteiger charge is 2.68. The molecule has 0 aromatic heterocycles. The summed E-state index contributed by atoms with van der Waals surface area (Å²) in [7, 11) is 0. The third kappa shape index (κ3) is 0.998. The predicted octanol–water partition coefficient (Wildman–Crippen LogP) is 3.45. The Hall–Kier alpha value is 0.690. The smallest absolute Gasteiger partial charge is 0.0693 e. The Bertz CT molecular complexity index is 271. The molecule has 0 aromatic carbocycles. The molecule has 14 heavy (non-hydrogen) atoms. The van der Waals surface area contributed by atoms with Crippen LogP contribution in [0, 0.1) is 5.41 Å². The number of rotatable bonds is 2. The highest BCUT2D eigenvalue weighted by molar-refractivity contribution is 14.1. The highest BCUT2D eigenvalue weighted by Crippen LogP contribution is 2.75. The Morgan fingerprint density at radius 2 is 1.79 bits per heavy atom. The van der Waals surface area contributed by atoms with Gasteiger partial charge in [-0.15, -0.1) is 0 Å². The second-order valence-electron chi connectivity index (χ2n) is 6.36. The fraction of sp³-hybridized carbons (Fsp3) is 1.00. The molecule has 2 saturated heterocycles. The zero-order valence-electron chi connectivity index (χ0n) is 8.52. The first-order chi connectivity index (χ1) is 6.61. The molecule has 0 N–H and O–H groups in total. The maximum atomic E-state index is 6.19. The van der Waals surface area contributed by atoms with Crippen LogP contribution in [0.15, 0.2) is 0 Å². The van der Waals surface area contributed by atoms with Gasteiger partial charge in [0.25, 0.3) is 0 Å². The zero-order valence-corrected chi connectivity index (χ0v) is 10.7. The van der Waals surface area contributed by atoms with Gasteiger partial charge in [-0.25, -0.2) is 0 Å². The van der Waals surface area contributed by atoms with Gasteiger partial charge in [-0.05, 0) is 56.8 Å². The summed E-state index contributed by atoms with van der Waals surface area (Å²) in [5.74, 6) is 0. The minimum absolute atomic E-state index is 0.364. The Labute approximate surface area is 99.1 Å². The fourth-order valence-corrected chi connectivity index (χ4v) is 7.08. The van der Waals surface area contributed by atoms with Crippen molar-refractivity contribution in [2.24, 2.45) is 5.41 Å². The molecular weight excluding hydrogens is 287 g/mol. The van der Waals surface area contributed by atoms with E-state index in [1.54, 1.807) is 0 Å². The molecular formula is C12H17IO. The maximum Gasteiger partial charge on any atom is 0.0693 e. The second-order valence-corrected chi connectivity index (χ2v) is 8.65. The summed E-state index contributed by atoms with van der Waals surface area (Å²) in [6.45, 7) is 0. The zero-order chi connectivity index (χ0) is 9.44. The van der Waals surface area contributed by atoms with Crippen molar-refractivity contribution in [1.29, 1.82) is 0 Å². The van der Waals surface area contributed by atoms with Crippen LogP contribution in [-0.2, 0) is 4.74 Å². The SMILES string of the molecule is IC12CC(CC34CCC(CC3)O4)(C1)C2. The topological polar surface area (TPSA) is 9.23 Å². The van der Waals surface area contributed by atoms with E-state index in [0.717, 1.165) is 8.84 Å². The van der Waals surface area contributed by atoms with Crippen molar-refractivity contribution in [3.8, 4) is 0 Å².